The van der Waals surface area contributed by atoms with Gasteiger partial charge in [-0.05, 0) is 23.3 Å². The second-order valence-corrected chi connectivity index (χ2v) is 8.85. The van der Waals surface area contributed by atoms with Gasteiger partial charge in [-0.15, -0.1) is 6.42 Å². The van der Waals surface area contributed by atoms with Gasteiger partial charge in [-0.1, -0.05) is 32.8 Å². The maximum absolute atomic E-state index is 12.5. The van der Waals surface area contributed by atoms with Gasteiger partial charge in [0.1, 0.15) is 12.1 Å². The number of terminal acetylenes is 1. The molecular weight excluding hydrogens is 384 g/mol. The molecule has 1 aromatic rings. The van der Waals surface area contributed by atoms with E-state index in [-0.39, 0.29) is 30.8 Å². The maximum atomic E-state index is 12.5. The smallest absolute Gasteiger partial charge is 0.324 e. The third-order valence-corrected chi connectivity index (χ3v) is 5.59. The van der Waals surface area contributed by atoms with E-state index in [1.807, 2.05) is 12.1 Å². The van der Waals surface area contributed by atoms with Crippen LogP contribution in [-0.2, 0) is 27.2 Å². The molecule has 1 aromatic carbocycles. The van der Waals surface area contributed by atoms with Crippen LogP contribution >= 0.6 is 0 Å². The van der Waals surface area contributed by atoms with E-state index < -0.39 is 17.0 Å². The topological polar surface area (TPSA) is 98.8 Å². The summed E-state index contributed by atoms with van der Waals surface area (Å²) in [7, 11) is 1.61. The van der Waals surface area contributed by atoms with E-state index >= 15 is 0 Å². The van der Waals surface area contributed by atoms with Crippen molar-refractivity contribution in [2.24, 2.45) is 5.41 Å². The van der Waals surface area contributed by atoms with Crippen molar-refractivity contribution >= 4 is 29.4 Å². The molecule has 8 heteroatoms. The first-order valence-electron chi connectivity index (χ1n) is 9.72. The predicted octanol–water partition coefficient (Wildman–Crippen LogP) is 1.15. The number of amides is 5. The number of nitrogens with one attached hydrogen (secondary N) is 2. The van der Waals surface area contributed by atoms with Crippen LogP contribution in [0.3, 0.4) is 0 Å². The van der Waals surface area contributed by atoms with Crippen molar-refractivity contribution in [3.05, 3.63) is 29.3 Å². The Balaban J connectivity index is 1.72. The van der Waals surface area contributed by atoms with Crippen molar-refractivity contribution in [1.29, 1.82) is 0 Å². The number of carbonyl (C=O) groups excluding carboxylic acids is 4. The summed E-state index contributed by atoms with van der Waals surface area (Å²) >= 11 is 0. The van der Waals surface area contributed by atoms with E-state index in [1.165, 1.54) is 9.80 Å². The van der Waals surface area contributed by atoms with Crippen molar-refractivity contribution in [3.8, 4) is 12.3 Å². The van der Waals surface area contributed by atoms with Crippen LogP contribution in [0, 0.1) is 17.8 Å². The molecule has 30 heavy (non-hydrogen) atoms. The van der Waals surface area contributed by atoms with Gasteiger partial charge >= 0.3 is 6.03 Å². The Bertz CT molecular complexity index is 972. The second-order valence-electron chi connectivity index (χ2n) is 8.85. The number of hydrogen-bond acceptors (Lipinski definition) is 4. The van der Waals surface area contributed by atoms with Crippen LogP contribution in [0.2, 0.25) is 0 Å². The number of rotatable bonds is 4. The lowest BCUT2D eigenvalue weighted by Gasteiger charge is -2.27. The first kappa shape index (κ1) is 21.4. The molecular formula is C22H26N4O4. The van der Waals surface area contributed by atoms with Crippen molar-refractivity contribution in [3.63, 3.8) is 0 Å². The lowest BCUT2D eigenvalue weighted by atomic mass is 9.94. The lowest BCUT2D eigenvalue weighted by molar-refractivity contribution is -0.141. The van der Waals surface area contributed by atoms with Crippen molar-refractivity contribution in [1.82, 2.24) is 15.1 Å². The maximum Gasteiger partial charge on any atom is 0.324 e. The summed E-state index contributed by atoms with van der Waals surface area (Å²) in [6, 6.07) is 5.01. The Morgan fingerprint density at radius 3 is 2.50 bits per heavy atom. The van der Waals surface area contributed by atoms with Crippen LogP contribution in [-0.4, -0.2) is 59.2 Å². The number of imide groups is 1. The number of benzene rings is 1. The fourth-order valence-electron chi connectivity index (χ4n) is 3.93. The Labute approximate surface area is 176 Å². The molecule has 0 bridgehead atoms. The van der Waals surface area contributed by atoms with Gasteiger partial charge < -0.3 is 15.1 Å². The number of urea groups is 1. The SMILES string of the molecule is C#CCN(CC(=O)Nc1ccc2c(c1)CC1(C2)C(=O)NC(=O)N1C)C(=O)C(C)(C)C. The number of carbonyl (C=O) groups is 4. The molecule has 158 valence electrons. The van der Waals surface area contributed by atoms with Gasteiger partial charge in [0.2, 0.25) is 11.8 Å². The standard InChI is InChI=1S/C22H26N4O4/c1-6-9-26(19(29)21(2,3)4)13-17(27)23-16-8-7-14-11-22(12-15(14)10-16)18(28)24-20(30)25(22)5/h1,7-8,10H,9,11-13H2,2-5H3,(H,23,27)(H,24,28,30). The normalized spacial score (nSPS) is 20.0. The molecule has 0 radical (unpaired) electrons. The quantitative estimate of drug-likeness (QED) is 0.575. The zero-order valence-corrected chi connectivity index (χ0v) is 17.7. The van der Waals surface area contributed by atoms with Gasteiger partial charge in [0.05, 0.1) is 6.54 Å². The average molecular weight is 410 g/mol. The third kappa shape index (κ3) is 3.75. The molecule has 1 spiro atoms. The minimum absolute atomic E-state index is 0.0473. The summed E-state index contributed by atoms with van der Waals surface area (Å²) in [5.41, 5.74) is 0.860. The number of nitrogens with zero attached hydrogens (tertiary/aromatic N) is 2. The van der Waals surface area contributed by atoms with E-state index in [1.54, 1.807) is 33.9 Å². The Hall–Kier alpha value is -3.34. The van der Waals surface area contributed by atoms with Gasteiger partial charge in [0.25, 0.3) is 5.91 Å². The summed E-state index contributed by atoms with van der Waals surface area (Å²) in [4.78, 5) is 52.1. The number of anilines is 1. The van der Waals surface area contributed by atoms with Crippen molar-refractivity contribution in [2.45, 2.75) is 39.2 Å². The highest BCUT2D eigenvalue weighted by Crippen LogP contribution is 2.38. The summed E-state index contributed by atoms with van der Waals surface area (Å²) in [6.45, 7) is 5.21. The lowest BCUT2D eigenvalue weighted by Crippen LogP contribution is -2.48. The fourth-order valence-corrected chi connectivity index (χ4v) is 3.93. The van der Waals surface area contributed by atoms with E-state index in [0.29, 0.717) is 18.5 Å². The summed E-state index contributed by atoms with van der Waals surface area (Å²) in [6.07, 6.45) is 6.17. The van der Waals surface area contributed by atoms with Crippen LogP contribution in [0.1, 0.15) is 31.9 Å². The molecule has 2 N–H and O–H groups in total. The number of fused-ring (bicyclic) bond motifs is 1. The third-order valence-electron chi connectivity index (χ3n) is 5.59. The molecule has 0 aromatic heterocycles. The average Bonchev–Trinajstić information content (AvgIpc) is 3.13. The van der Waals surface area contributed by atoms with Crippen LogP contribution in [0.4, 0.5) is 10.5 Å². The number of likely N-dealkylation sites (N-methyl/N-ethyl adjacent to an activating group) is 1. The second kappa shape index (κ2) is 7.48. The summed E-state index contributed by atoms with van der Waals surface area (Å²) in [5, 5.41) is 5.16. The summed E-state index contributed by atoms with van der Waals surface area (Å²) in [5.74, 6) is 1.55. The van der Waals surface area contributed by atoms with Gasteiger partial charge in [-0.3, -0.25) is 19.7 Å². The fraction of sp³-hybridized carbons (Fsp3) is 0.455. The molecule has 1 saturated heterocycles. The van der Waals surface area contributed by atoms with Crippen molar-refractivity contribution in [2.75, 3.05) is 25.5 Å². The van der Waals surface area contributed by atoms with Crippen LogP contribution in [0.5, 0.6) is 0 Å². The van der Waals surface area contributed by atoms with Gasteiger partial charge in [-0.2, -0.15) is 0 Å². The number of hydrogen-bond donors (Lipinski definition) is 2. The zero-order chi connectivity index (χ0) is 22.3. The minimum Gasteiger partial charge on any atom is -0.325 e. The minimum atomic E-state index is -0.912. The molecule has 8 nitrogen and oxygen atoms in total. The molecule has 1 heterocycles. The molecule has 1 aliphatic heterocycles. The van der Waals surface area contributed by atoms with Gasteiger partial charge in [0, 0.05) is 31.0 Å². The molecule has 1 fully saturated rings. The molecule has 1 unspecified atom stereocenters. The first-order chi connectivity index (χ1) is 14.0. The van der Waals surface area contributed by atoms with Gasteiger partial charge in [-0.25, -0.2) is 4.79 Å². The van der Waals surface area contributed by atoms with Crippen LogP contribution in [0.15, 0.2) is 18.2 Å². The summed E-state index contributed by atoms with van der Waals surface area (Å²) < 4.78 is 0. The Morgan fingerprint density at radius 1 is 1.27 bits per heavy atom. The van der Waals surface area contributed by atoms with Crippen molar-refractivity contribution < 1.29 is 19.2 Å². The van der Waals surface area contributed by atoms with E-state index in [9.17, 15) is 19.2 Å². The Morgan fingerprint density at radius 2 is 1.93 bits per heavy atom. The van der Waals surface area contributed by atoms with E-state index in [2.05, 4.69) is 16.6 Å². The van der Waals surface area contributed by atoms with E-state index in [4.69, 9.17) is 6.42 Å². The largest absolute Gasteiger partial charge is 0.325 e. The first-order valence-corrected chi connectivity index (χ1v) is 9.72. The Kier molecular flexibility index (Phi) is 5.33. The molecule has 0 saturated carbocycles. The van der Waals surface area contributed by atoms with Gasteiger partial charge in [0.15, 0.2) is 0 Å². The van der Waals surface area contributed by atoms with Crippen LogP contribution in [0.25, 0.3) is 0 Å². The van der Waals surface area contributed by atoms with E-state index in [0.717, 1.165) is 11.1 Å². The highest BCUT2D eigenvalue weighted by atomic mass is 16.2. The predicted molar refractivity (Wildman–Crippen MR) is 111 cm³/mol. The zero-order valence-electron chi connectivity index (χ0n) is 17.7. The molecule has 1 aliphatic carbocycles. The molecule has 5 amide bonds. The van der Waals surface area contributed by atoms with Crippen LogP contribution < -0.4 is 10.6 Å². The molecule has 3 rings (SSSR count). The highest BCUT2D eigenvalue weighted by molar-refractivity contribution is 6.07. The monoisotopic (exact) mass is 410 g/mol. The molecule has 1 atom stereocenters. The highest BCUT2D eigenvalue weighted by Gasteiger charge is 2.54. The molecule has 2 aliphatic rings.